The fraction of sp³-hybridized carbons (Fsp3) is 0.333. The number of anilines is 2. The van der Waals surface area contributed by atoms with Crippen LogP contribution in [0.2, 0.25) is 5.02 Å². The van der Waals surface area contributed by atoms with E-state index >= 15 is 4.39 Å². The van der Waals surface area contributed by atoms with Gasteiger partial charge in [0, 0.05) is 23.9 Å². The lowest BCUT2D eigenvalue weighted by Crippen LogP contribution is -2.37. The highest BCUT2D eigenvalue weighted by Crippen LogP contribution is 2.58. The Labute approximate surface area is 181 Å². The van der Waals surface area contributed by atoms with Gasteiger partial charge >= 0.3 is 0 Å². The Morgan fingerprint density at radius 3 is 2.97 bits per heavy atom. The van der Waals surface area contributed by atoms with Crippen molar-refractivity contribution in [3.8, 4) is 5.88 Å². The third-order valence-electron chi connectivity index (χ3n) is 5.96. The summed E-state index contributed by atoms with van der Waals surface area (Å²) < 4.78 is 34.6. The Balaban J connectivity index is 1.59. The molecule has 1 aliphatic carbocycles. The van der Waals surface area contributed by atoms with E-state index < -0.39 is 18.0 Å². The zero-order chi connectivity index (χ0) is 21.8. The van der Waals surface area contributed by atoms with Gasteiger partial charge in [0.15, 0.2) is 5.82 Å². The van der Waals surface area contributed by atoms with E-state index in [0.29, 0.717) is 40.7 Å². The lowest BCUT2D eigenvalue weighted by molar-refractivity contribution is 0.254. The van der Waals surface area contributed by atoms with Crippen molar-refractivity contribution in [3.05, 3.63) is 47.0 Å². The van der Waals surface area contributed by atoms with Gasteiger partial charge in [-0.3, -0.25) is 4.99 Å². The summed E-state index contributed by atoms with van der Waals surface area (Å²) in [6.45, 7) is -0.858. The van der Waals surface area contributed by atoms with Crippen LogP contribution in [-0.2, 0) is 5.54 Å². The molecule has 160 valence electrons. The first kappa shape index (κ1) is 19.9. The first-order chi connectivity index (χ1) is 14.9. The number of halogens is 3. The number of pyridine rings is 1. The molecule has 0 amide bonds. The number of hydrogen-bond acceptors (Lipinski definition) is 7. The van der Waals surface area contributed by atoms with Gasteiger partial charge in [0.2, 0.25) is 5.88 Å². The summed E-state index contributed by atoms with van der Waals surface area (Å²) in [7, 11) is 1.50. The van der Waals surface area contributed by atoms with Gasteiger partial charge in [-0.25, -0.2) is 23.7 Å². The van der Waals surface area contributed by atoms with Crippen molar-refractivity contribution in [2.24, 2.45) is 22.6 Å². The topological polar surface area (TPSA) is 98.3 Å². The molecule has 0 spiro atoms. The van der Waals surface area contributed by atoms with Crippen LogP contribution in [0.25, 0.3) is 11.0 Å². The predicted octanol–water partition coefficient (Wildman–Crippen LogP) is 4.13. The summed E-state index contributed by atoms with van der Waals surface area (Å²) in [5.41, 5.74) is 6.17. The largest absolute Gasteiger partial charge is 0.480 e. The molecular weight excluding hydrogens is 426 g/mol. The molecule has 2 aromatic heterocycles. The second-order valence-electron chi connectivity index (χ2n) is 7.85. The molecule has 0 bridgehead atoms. The van der Waals surface area contributed by atoms with E-state index in [0.717, 1.165) is 6.42 Å². The minimum atomic E-state index is -1.36. The zero-order valence-electron chi connectivity index (χ0n) is 16.6. The quantitative estimate of drug-likeness (QED) is 0.614. The van der Waals surface area contributed by atoms with E-state index in [4.69, 9.17) is 22.1 Å². The summed E-state index contributed by atoms with van der Waals surface area (Å²) in [4.78, 5) is 17.4. The van der Waals surface area contributed by atoms with Crippen LogP contribution >= 0.6 is 11.6 Å². The van der Waals surface area contributed by atoms with Crippen molar-refractivity contribution in [2.75, 3.05) is 19.1 Å². The van der Waals surface area contributed by atoms with E-state index in [9.17, 15) is 4.39 Å². The predicted molar refractivity (Wildman–Crippen MR) is 114 cm³/mol. The number of nitrogens with zero attached hydrogens (tertiary/aromatic N) is 4. The molecule has 3 heterocycles. The van der Waals surface area contributed by atoms with Crippen LogP contribution in [0.4, 0.5) is 20.3 Å². The van der Waals surface area contributed by atoms with Gasteiger partial charge in [-0.2, -0.15) is 0 Å². The molecule has 1 fully saturated rings. The summed E-state index contributed by atoms with van der Waals surface area (Å²) in [5, 5.41) is 2.96. The zero-order valence-corrected chi connectivity index (χ0v) is 17.3. The van der Waals surface area contributed by atoms with Gasteiger partial charge in [-0.05, 0) is 36.5 Å². The molecular formula is C21H19ClF2N6O. The number of rotatable bonds is 5. The van der Waals surface area contributed by atoms with Crippen molar-refractivity contribution in [3.63, 3.8) is 0 Å². The maximum atomic E-state index is 15.1. The van der Waals surface area contributed by atoms with Gasteiger partial charge in [-0.1, -0.05) is 11.6 Å². The standard InChI is InChI=1S/C21H19ClF2N6O/c1-31-17-8-27-19-15(29-17)2-3-26-20(19)28-11-6-13(18(24)14(22)7-11)21(9-23)12-4-10(12)5-16(25)30-21/h2-3,6-8,10,12H,4-5,9H2,1H3,(H2,25,30)(H,26,28)/t10-,12-,21-/m0/s1. The van der Waals surface area contributed by atoms with Crippen molar-refractivity contribution in [2.45, 2.75) is 18.4 Å². The highest BCUT2D eigenvalue weighted by molar-refractivity contribution is 6.31. The third-order valence-corrected chi connectivity index (χ3v) is 6.23. The van der Waals surface area contributed by atoms with E-state index in [-0.39, 0.29) is 22.4 Å². The third kappa shape index (κ3) is 3.23. The van der Waals surface area contributed by atoms with Gasteiger partial charge < -0.3 is 15.8 Å². The molecule has 7 nitrogen and oxygen atoms in total. The van der Waals surface area contributed by atoms with Crippen LogP contribution < -0.4 is 15.8 Å². The van der Waals surface area contributed by atoms with Crippen LogP contribution in [0.5, 0.6) is 5.88 Å². The second-order valence-corrected chi connectivity index (χ2v) is 8.26. The SMILES string of the molecule is COc1cnc2c(Nc3cc(Cl)c(F)c([C@@]4(CF)N=C(N)C[C@@H]5C[C@@H]54)c3)nccc2n1. The molecule has 1 aromatic carbocycles. The molecule has 0 saturated heterocycles. The second kappa shape index (κ2) is 7.26. The van der Waals surface area contributed by atoms with Crippen LogP contribution in [0.15, 0.2) is 35.6 Å². The maximum absolute atomic E-state index is 15.1. The van der Waals surface area contributed by atoms with Gasteiger partial charge in [-0.15, -0.1) is 0 Å². The Hall–Kier alpha value is -3.07. The van der Waals surface area contributed by atoms with E-state index in [2.05, 4.69) is 25.3 Å². The number of nitrogens with two attached hydrogens (primary N) is 1. The maximum Gasteiger partial charge on any atom is 0.232 e. The summed E-state index contributed by atoms with van der Waals surface area (Å²) in [5.74, 6) is 0.530. The molecule has 3 aromatic rings. The van der Waals surface area contributed by atoms with E-state index in [1.807, 2.05) is 0 Å². The normalized spacial score (nSPS) is 24.5. The first-order valence-corrected chi connectivity index (χ1v) is 10.2. The molecule has 0 unspecified atom stereocenters. The van der Waals surface area contributed by atoms with Crippen molar-refractivity contribution in [1.29, 1.82) is 0 Å². The molecule has 2 aliphatic rings. The molecule has 5 rings (SSSR count). The van der Waals surface area contributed by atoms with Gasteiger partial charge in [0.1, 0.15) is 23.5 Å². The molecule has 3 N–H and O–H groups in total. The molecule has 1 aliphatic heterocycles. The van der Waals surface area contributed by atoms with Gasteiger partial charge in [0.25, 0.3) is 0 Å². The number of fused-ring (bicyclic) bond motifs is 2. The summed E-state index contributed by atoms with van der Waals surface area (Å²) in [6, 6.07) is 4.64. The Bertz CT molecular complexity index is 1220. The van der Waals surface area contributed by atoms with Crippen LogP contribution in [0.1, 0.15) is 18.4 Å². The number of methoxy groups -OCH3 is 1. The molecule has 0 radical (unpaired) electrons. The van der Waals surface area contributed by atoms with Crippen LogP contribution in [0.3, 0.4) is 0 Å². The minimum absolute atomic E-state index is 0.0909. The van der Waals surface area contributed by atoms with Crippen molar-refractivity contribution >= 4 is 40.0 Å². The number of aromatic nitrogens is 3. The number of alkyl halides is 1. The number of nitrogens with one attached hydrogen (secondary N) is 1. The molecule has 10 heteroatoms. The van der Waals surface area contributed by atoms with Crippen molar-refractivity contribution < 1.29 is 13.5 Å². The molecule has 31 heavy (non-hydrogen) atoms. The highest BCUT2D eigenvalue weighted by atomic mass is 35.5. The Kier molecular flexibility index (Phi) is 4.65. The van der Waals surface area contributed by atoms with Crippen molar-refractivity contribution in [1.82, 2.24) is 15.0 Å². The number of hydrogen-bond donors (Lipinski definition) is 2. The fourth-order valence-electron chi connectivity index (χ4n) is 4.40. The monoisotopic (exact) mass is 444 g/mol. The lowest BCUT2D eigenvalue weighted by Gasteiger charge is -2.32. The highest BCUT2D eigenvalue weighted by Gasteiger charge is 2.57. The number of amidine groups is 1. The number of benzene rings is 1. The average Bonchev–Trinajstić information content (AvgIpc) is 3.55. The lowest BCUT2D eigenvalue weighted by atomic mass is 9.83. The summed E-state index contributed by atoms with van der Waals surface area (Å²) >= 11 is 6.20. The molecule has 3 atom stereocenters. The fourth-order valence-corrected chi connectivity index (χ4v) is 4.62. The van der Waals surface area contributed by atoms with E-state index in [1.54, 1.807) is 12.3 Å². The Morgan fingerprint density at radius 1 is 1.35 bits per heavy atom. The van der Waals surface area contributed by atoms with E-state index in [1.165, 1.54) is 25.4 Å². The molecule has 1 saturated carbocycles. The summed E-state index contributed by atoms with van der Waals surface area (Å²) in [6.07, 6.45) is 4.41. The first-order valence-electron chi connectivity index (χ1n) is 9.77. The number of aliphatic imine (C=N–C) groups is 1. The van der Waals surface area contributed by atoms with Gasteiger partial charge in [0.05, 0.1) is 29.7 Å². The Morgan fingerprint density at radius 2 is 2.19 bits per heavy atom. The van der Waals surface area contributed by atoms with Crippen LogP contribution in [-0.4, -0.2) is 34.6 Å². The smallest absolute Gasteiger partial charge is 0.232 e. The van der Waals surface area contributed by atoms with Crippen LogP contribution in [0, 0.1) is 17.7 Å². The average molecular weight is 445 g/mol. The minimum Gasteiger partial charge on any atom is -0.480 e. The number of ether oxygens (including phenoxy) is 1.